The number of likely N-dealkylation sites (tertiary alicyclic amines) is 1. The van der Waals surface area contributed by atoms with Crippen molar-refractivity contribution in [2.45, 2.75) is 58.2 Å². The van der Waals surface area contributed by atoms with E-state index in [2.05, 4.69) is 0 Å². The van der Waals surface area contributed by atoms with Gasteiger partial charge in [0, 0.05) is 19.4 Å². The molecule has 1 aromatic rings. The van der Waals surface area contributed by atoms with E-state index in [1.54, 1.807) is 0 Å². The van der Waals surface area contributed by atoms with Gasteiger partial charge >= 0.3 is 0 Å². The molecule has 0 N–H and O–H groups in total. The van der Waals surface area contributed by atoms with Crippen molar-refractivity contribution in [2.24, 2.45) is 23.7 Å². The Labute approximate surface area is 175 Å². The summed E-state index contributed by atoms with van der Waals surface area (Å²) in [5.41, 5.74) is 3.96. The van der Waals surface area contributed by atoms with Gasteiger partial charge in [-0.3, -0.25) is 24.1 Å². The quantitative estimate of drug-likeness (QED) is 0.565. The highest BCUT2D eigenvalue weighted by Gasteiger charge is 2.64. The molecule has 6 heteroatoms. The lowest BCUT2D eigenvalue weighted by molar-refractivity contribution is -0.141. The van der Waals surface area contributed by atoms with Gasteiger partial charge in [0.25, 0.3) is 0 Å². The van der Waals surface area contributed by atoms with Crippen molar-refractivity contribution in [2.75, 3.05) is 7.05 Å². The second-order valence-electron chi connectivity index (χ2n) is 9.67. The molecule has 2 bridgehead atoms. The molecule has 7 unspecified atom stereocenters. The fourth-order valence-electron chi connectivity index (χ4n) is 6.61. The molecule has 3 aliphatic heterocycles. The van der Waals surface area contributed by atoms with Gasteiger partial charge in [-0.25, -0.2) is 0 Å². The monoisotopic (exact) mass is 409 g/mol. The van der Waals surface area contributed by atoms with Gasteiger partial charge < -0.3 is 4.74 Å². The van der Waals surface area contributed by atoms with Gasteiger partial charge in [0.15, 0.2) is 5.78 Å². The first kappa shape index (κ1) is 19.6. The van der Waals surface area contributed by atoms with Crippen LogP contribution in [0.2, 0.25) is 0 Å². The Bertz CT molecular complexity index is 974. The molecular formula is C24H27NO5. The van der Waals surface area contributed by atoms with E-state index in [9.17, 15) is 19.2 Å². The zero-order valence-electron chi connectivity index (χ0n) is 17.8. The highest BCUT2D eigenvalue weighted by Crippen LogP contribution is 2.53. The van der Waals surface area contributed by atoms with Crippen LogP contribution in [0.4, 0.5) is 0 Å². The lowest BCUT2D eigenvalue weighted by Crippen LogP contribution is -2.36. The maximum Gasteiger partial charge on any atom is 0.235 e. The molecule has 2 amide bonds. The molecule has 3 heterocycles. The molecule has 6 nitrogen and oxygen atoms in total. The molecule has 4 aliphatic rings. The molecule has 1 saturated carbocycles. The van der Waals surface area contributed by atoms with E-state index in [0.29, 0.717) is 12.8 Å². The lowest BCUT2D eigenvalue weighted by atomic mass is 9.72. The predicted molar refractivity (Wildman–Crippen MR) is 108 cm³/mol. The zero-order chi connectivity index (χ0) is 21.5. The maximum absolute atomic E-state index is 13.3. The lowest BCUT2D eigenvalue weighted by Gasteiger charge is -2.26. The van der Waals surface area contributed by atoms with Gasteiger partial charge in [-0.05, 0) is 56.2 Å². The van der Waals surface area contributed by atoms with Crippen molar-refractivity contribution in [3.8, 4) is 0 Å². The number of benzene rings is 1. The largest absolute Gasteiger partial charge is 0.373 e. The number of hydrogen-bond acceptors (Lipinski definition) is 5. The number of amides is 2. The number of ether oxygens (including phenoxy) is 1. The number of carbonyl (C=O) groups excluding carboxylic acids is 4. The van der Waals surface area contributed by atoms with Crippen LogP contribution in [-0.4, -0.2) is 47.5 Å². The van der Waals surface area contributed by atoms with E-state index in [0.717, 1.165) is 22.3 Å². The summed E-state index contributed by atoms with van der Waals surface area (Å²) in [5, 5.41) is 0. The molecule has 3 saturated heterocycles. The van der Waals surface area contributed by atoms with E-state index < -0.39 is 11.8 Å². The molecule has 1 aliphatic carbocycles. The SMILES string of the molecule is Cc1cc(C)c(C2C(=O)CC(CC3CC4OC3C3C(=O)N(C)C(=O)C43)C2=O)c(C)c1. The van der Waals surface area contributed by atoms with E-state index >= 15 is 0 Å². The number of fused-ring (bicyclic) bond motifs is 5. The number of Topliss-reactive ketones (excluding diaryl/α,β-unsaturated/α-hetero) is 2. The number of imide groups is 1. The van der Waals surface area contributed by atoms with Gasteiger partial charge in [-0.2, -0.15) is 0 Å². The normalized spacial score (nSPS) is 37.6. The predicted octanol–water partition coefficient (Wildman–Crippen LogP) is 2.26. The molecule has 158 valence electrons. The van der Waals surface area contributed by atoms with Crippen LogP contribution in [0, 0.1) is 44.4 Å². The van der Waals surface area contributed by atoms with Crippen LogP contribution >= 0.6 is 0 Å². The smallest absolute Gasteiger partial charge is 0.235 e. The standard InChI is InChI=1S/C24H27NO5/c1-10-5-11(2)17(12(3)6-10)18-15(26)8-13(21(18)27)7-14-9-16-19-20(22(14)30-16)24(29)25(4)23(19)28/h5-6,13-14,16,18-20,22H,7-9H2,1-4H3. The third-order valence-corrected chi connectivity index (χ3v) is 7.77. The Morgan fingerprint density at radius 1 is 1.00 bits per heavy atom. The Hall–Kier alpha value is -2.34. The molecule has 0 spiro atoms. The number of hydrogen-bond donors (Lipinski definition) is 0. The van der Waals surface area contributed by atoms with Crippen LogP contribution in [0.3, 0.4) is 0 Å². The number of nitrogens with zero attached hydrogens (tertiary/aromatic N) is 1. The first-order valence-corrected chi connectivity index (χ1v) is 10.8. The third-order valence-electron chi connectivity index (χ3n) is 7.77. The van der Waals surface area contributed by atoms with Crippen molar-refractivity contribution in [3.05, 3.63) is 34.4 Å². The van der Waals surface area contributed by atoms with Gasteiger partial charge in [0.1, 0.15) is 11.7 Å². The molecule has 4 fully saturated rings. The molecule has 1 aromatic carbocycles. The molecule has 0 aromatic heterocycles. The van der Waals surface area contributed by atoms with Gasteiger partial charge in [0.05, 0.1) is 24.0 Å². The third kappa shape index (κ3) is 2.59. The van der Waals surface area contributed by atoms with Crippen molar-refractivity contribution in [3.63, 3.8) is 0 Å². The second kappa shape index (κ2) is 6.58. The highest BCUT2D eigenvalue weighted by atomic mass is 16.5. The summed E-state index contributed by atoms with van der Waals surface area (Å²) < 4.78 is 6.01. The molecule has 5 rings (SSSR count). The zero-order valence-corrected chi connectivity index (χ0v) is 17.8. The van der Waals surface area contributed by atoms with E-state index in [1.807, 2.05) is 32.9 Å². The summed E-state index contributed by atoms with van der Waals surface area (Å²) in [6.07, 6.45) is 0.942. The van der Waals surface area contributed by atoms with Crippen LogP contribution in [0.15, 0.2) is 12.1 Å². The Morgan fingerprint density at radius 3 is 2.30 bits per heavy atom. The van der Waals surface area contributed by atoms with Crippen LogP contribution in [0.1, 0.15) is 47.4 Å². The van der Waals surface area contributed by atoms with Gasteiger partial charge in [0.2, 0.25) is 11.8 Å². The van der Waals surface area contributed by atoms with Crippen molar-refractivity contribution in [1.82, 2.24) is 4.90 Å². The number of aryl methyl sites for hydroxylation is 3. The maximum atomic E-state index is 13.3. The second-order valence-corrected chi connectivity index (χ2v) is 9.67. The van der Waals surface area contributed by atoms with Crippen LogP contribution in [0.25, 0.3) is 0 Å². The number of carbonyl (C=O) groups is 4. The highest BCUT2D eigenvalue weighted by molar-refractivity contribution is 6.15. The van der Waals surface area contributed by atoms with Crippen molar-refractivity contribution < 1.29 is 23.9 Å². The first-order chi connectivity index (χ1) is 14.2. The van der Waals surface area contributed by atoms with E-state index in [1.165, 1.54) is 11.9 Å². The summed E-state index contributed by atoms with van der Waals surface area (Å²) >= 11 is 0. The Kier molecular flexibility index (Phi) is 4.30. The number of rotatable bonds is 3. The van der Waals surface area contributed by atoms with Gasteiger partial charge in [-0.15, -0.1) is 0 Å². The summed E-state index contributed by atoms with van der Waals surface area (Å²) in [7, 11) is 1.54. The number of ketones is 2. The van der Waals surface area contributed by atoms with Crippen LogP contribution in [0.5, 0.6) is 0 Å². The van der Waals surface area contributed by atoms with E-state index in [-0.39, 0.29) is 59.8 Å². The Morgan fingerprint density at radius 2 is 1.63 bits per heavy atom. The van der Waals surface area contributed by atoms with Gasteiger partial charge in [-0.1, -0.05) is 17.7 Å². The van der Waals surface area contributed by atoms with Crippen LogP contribution in [-0.2, 0) is 23.9 Å². The first-order valence-electron chi connectivity index (χ1n) is 10.8. The summed E-state index contributed by atoms with van der Waals surface area (Å²) in [4.78, 5) is 52.3. The minimum absolute atomic E-state index is 0.000296. The average molecular weight is 409 g/mol. The van der Waals surface area contributed by atoms with Crippen molar-refractivity contribution >= 4 is 23.4 Å². The molecule has 0 radical (unpaired) electrons. The Balaban J connectivity index is 1.36. The topological polar surface area (TPSA) is 80.8 Å². The summed E-state index contributed by atoms with van der Waals surface area (Å²) in [6.45, 7) is 5.94. The molecule has 30 heavy (non-hydrogen) atoms. The summed E-state index contributed by atoms with van der Waals surface area (Å²) in [5.74, 6) is -2.07. The van der Waals surface area contributed by atoms with Crippen LogP contribution < -0.4 is 0 Å². The summed E-state index contributed by atoms with van der Waals surface area (Å²) in [6, 6.07) is 4.05. The average Bonchev–Trinajstić information content (AvgIpc) is 3.37. The minimum atomic E-state index is -0.677. The van der Waals surface area contributed by atoms with Crippen molar-refractivity contribution in [1.29, 1.82) is 0 Å². The fraction of sp³-hybridized carbons (Fsp3) is 0.583. The minimum Gasteiger partial charge on any atom is -0.373 e. The fourth-order valence-corrected chi connectivity index (χ4v) is 6.61. The van der Waals surface area contributed by atoms with E-state index in [4.69, 9.17) is 4.74 Å². The molecular weight excluding hydrogens is 382 g/mol. The molecule has 7 atom stereocenters.